The number of hydrogen-bond acceptors (Lipinski definition) is 6. The largest absolute Gasteiger partial charge is 0.457 e. The molecule has 2 aromatic carbocycles. The first-order valence-corrected chi connectivity index (χ1v) is 8.08. The van der Waals surface area contributed by atoms with E-state index in [4.69, 9.17) is 9.26 Å². The quantitative estimate of drug-likeness (QED) is 0.503. The number of Topliss-reactive ketones (excluding diaryl/α,β-unsaturated/α-hetero) is 1. The molecule has 128 valence electrons. The fourth-order valence-electron chi connectivity index (χ4n) is 2.65. The van der Waals surface area contributed by atoms with Gasteiger partial charge in [0.25, 0.3) is 0 Å². The summed E-state index contributed by atoms with van der Waals surface area (Å²) in [6, 6.07) is 15.1. The highest BCUT2D eigenvalue weighted by Gasteiger charge is 2.08. The first-order valence-electron chi connectivity index (χ1n) is 8.08. The van der Waals surface area contributed by atoms with Crippen molar-refractivity contribution in [2.24, 2.45) is 0 Å². The number of aryl methyl sites for hydroxylation is 1. The standard InChI is InChI=1S/C20H15N3O3/c1-12(24)19-11-18(7-8-21-19)25-17-6-5-14-9-16(4-3-15(14)10-17)20-22-13(2)26-23-20/h3-11H,1-2H3. The molecule has 4 rings (SSSR count). The molecular weight excluding hydrogens is 330 g/mol. The second kappa shape index (κ2) is 6.40. The summed E-state index contributed by atoms with van der Waals surface area (Å²) in [5.74, 6) is 2.26. The number of ketones is 1. The first-order chi connectivity index (χ1) is 12.6. The monoisotopic (exact) mass is 345 g/mol. The lowest BCUT2D eigenvalue weighted by molar-refractivity contribution is 0.101. The first kappa shape index (κ1) is 16.0. The van der Waals surface area contributed by atoms with E-state index in [9.17, 15) is 4.79 Å². The van der Waals surface area contributed by atoms with Crippen LogP contribution in [0.15, 0.2) is 59.3 Å². The van der Waals surface area contributed by atoms with Crippen LogP contribution < -0.4 is 4.74 Å². The average molecular weight is 345 g/mol. The predicted octanol–water partition coefficient (Wildman–Crippen LogP) is 4.59. The van der Waals surface area contributed by atoms with Crippen LogP contribution in [0.1, 0.15) is 23.3 Å². The molecule has 2 aromatic heterocycles. The van der Waals surface area contributed by atoms with Gasteiger partial charge in [-0.2, -0.15) is 4.98 Å². The second-order valence-corrected chi connectivity index (χ2v) is 5.90. The lowest BCUT2D eigenvalue weighted by Gasteiger charge is -2.08. The Morgan fingerprint density at radius 3 is 2.54 bits per heavy atom. The van der Waals surface area contributed by atoms with E-state index in [2.05, 4.69) is 15.1 Å². The molecule has 0 saturated heterocycles. The van der Waals surface area contributed by atoms with Gasteiger partial charge in [0.2, 0.25) is 11.7 Å². The summed E-state index contributed by atoms with van der Waals surface area (Å²) >= 11 is 0. The van der Waals surface area contributed by atoms with Crippen LogP contribution >= 0.6 is 0 Å². The van der Waals surface area contributed by atoms with Crippen molar-refractivity contribution >= 4 is 16.6 Å². The fraction of sp³-hybridized carbons (Fsp3) is 0.100. The van der Waals surface area contributed by atoms with Gasteiger partial charge in [0, 0.05) is 31.7 Å². The van der Waals surface area contributed by atoms with E-state index >= 15 is 0 Å². The van der Waals surface area contributed by atoms with Gasteiger partial charge in [-0.25, -0.2) is 0 Å². The average Bonchev–Trinajstić information content (AvgIpc) is 3.08. The Labute approximate surface area is 149 Å². The van der Waals surface area contributed by atoms with Crippen LogP contribution in [0.5, 0.6) is 11.5 Å². The second-order valence-electron chi connectivity index (χ2n) is 5.90. The number of benzene rings is 2. The maximum absolute atomic E-state index is 11.4. The van der Waals surface area contributed by atoms with Gasteiger partial charge in [-0.1, -0.05) is 23.4 Å². The molecule has 0 saturated carbocycles. The Hall–Kier alpha value is -3.54. The van der Waals surface area contributed by atoms with E-state index in [-0.39, 0.29) is 5.78 Å². The molecule has 0 bridgehead atoms. The molecule has 0 aliphatic carbocycles. The Morgan fingerprint density at radius 1 is 1.00 bits per heavy atom. The number of aromatic nitrogens is 3. The van der Waals surface area contributed by atoms with Crippen LogP contribution in [0, 0.1) is 6.92 Å². The Bertz CT molecular complexity index is 1120. The number of rotatable bonds is 4. The molecule has 0 fully saturated rings. The maximum atomic E-state index is 11.4. The molecule has 4 aromatic rings. The van der Waals surface area contributed by atoms with Gasteiger partial charge >= 0.3 is 0 Å². The molecule has 2 heterocycles. The summed E-state index contributed by atoms with van der Waals surface area (Å²) < 4.78 is 10.9. The van der Waals surface area contributed by atoms with Crippen LogP contribution in [0.25, 0.3) is 22.2 Å². The van der Waals surface area contributed by atoms with Crippen molar-refractivity contribution in [2.45, 2.75) is 13.8 Å². The molecule has 0 aliphatic heterocycles. The van der Waals surface area contributed by atoms with Crippen LogP contribution in [0.3, 0.4) is 0 Å². The smallest absolute Gasteiger partial charge is 0.223 e. The van der Waals surface area contributed by atoms with E-state index in [1.54, 1.807) is 25.3 Å². The van der Waals surface area contributed by atoms with Gasteiger partial charge in [-0.3, -0.25) is 9.78 Å². The summed E-state index contributed by atoms with van der Waals surface area (Å²) in [5.41, 5.74) is 1.27. The van der Waals surface area contributed by atoms with Crippen molar-refractivity contribution in [3.05, 3.63) is 66.3 Å². The minimum absolute atomic E-state index is 0.0989. The Morgan fingerprint density at radius 2 is 1.77 bits per heavy atom. The summed E-state index contributed by atoms with van der Waals surface area (Å²) in [6.07, 6.45) is 1.56. The number of fused-ring (bicyclic) bond motifs is 1. The highest BCUT2D eigenvalue weighted by atomic mass is 16.5. The zero-order valence-electron chi connectivity index (χ0n) is 14.3. The van der Waals surface area contributed by atoms with Crippen LogP contribution in [-0.2, 0) is 0 Å². The number of carbonyl (C=O) groups is 1. The lowest BCUT2D eigenvalue weighted by Crippen LogP contribution is -1.96. The third-order valence-electron chi connectivity index (χ3n) is 3.93. The highest BCUT2D eigenvalue weighted by Crippen LogP contribution is 2.28. The zero-order valence-corrected chi connectivity index (χ0v) is 14.3. The third-order valence-corrected chi connectivity index (χ3v) is 3.93. The van der Waals surface area contributed by atoms with Crippen molar-refractivity contribution < 1.29 is 14.1 Å². The Kier molecular flexibility index (Phi) is 3.93. The SMILES string of the molecule is CC(=O)c1cc(Oc2ccc3cc(-c4noc(C)n4)ccc3c2)ccn1. The van der Waals surface area contributed by atoms with Crippen LogP contribution in [-0.4, -0.2) is 20.9 Å². The molecular formula is C20H15N3O3. The van der Waals surface area contributed by atoms with Gasteiger partial charge in [-0.15, -0.1) is 0 Å². The number of hydrogen-bond donors (Lipinski definition) is 0. The molecule has 0 spiro atoms. The number of carbonyl (C=O) groups excluding carboxylic acids is 1. The van der Waals surface area contributed by atoms with E-state index in [1.165, 1.54) is 6.92 Å². The summed E-state index contributed by atoms with van der Waals surface area (Å²) in [6.45, 7) is 3.24. The normalized spacial score (nSPS) is 10.8. The molecule has 0 radical (unpaired) electrons. The number of pyridine rings is 1. The number of nitrogens with zero attached hydrogens (tertiary/aromatic N) is 3. The van der Waals surface area contributed by atoms with Crippen molar-refractivity contribution in [1.29, 1.82) is 0 Å². The predicted molar refractivity (Wildman–Crippen MR) is 96.3 cm³/mol. The summed E-state index contributed by atoms with van der Waals surface area (Å²) in [5, 5.41) is 6.00. The van der Waals surface area contributed by atoms with E-state index in [0.717, 1.165) is 16.3 Å². The Balaban J connectivity index is 1.64. The molecule has 0 aliphatic rings. The van der Waals surface area contributed by atoms with Crippen molar-refractivity contribution in [3.8, 4) is 22.9 Å². The topological polar surface area (TPSA) is 78.1 Å². The molecule has 0 atom stereocenters. The molecule has 6 nitrogen and oxygen atoms in total. The van der Waals surface area contributed by atoms with Crippen molar-refractivity contribution in [1.82, 2.24) is 15.1 Å². The van der Waals surface area contributed by atoms with Gasteiger partial charge in [0.05, 0.1) is 0 Å². The van der Waals surface area contributed by atoms with E-state index in [1.807, 2.05) is 36.4 Å². The van der Waals surface area contributed by atoms with Gasteiger partial charge < -0.3 is 9.26 Å². The van der Waals surface area contributed by atoms with Crippen LogP contribution in [0.2, 0.25) is 0 Å². The molecule has 0 unspecified atom stereocenters. The molecule has 0 N–H and O–H groups in total. The zero-order chi connectivity index (χ0) is 18.1. The van der Waals surface area contributed by atoms with Gasteiger partial charge in [-0.05, 0) is 35.0 Å². The molecule has 6 heteroatoms. The van der Waals surface area contributed by atoms with Crippen molar-refractivity contribution in [3.63, 3.8) is 0 Å². The van der Waals surface area contributed by atoms with Crippen molar-refractivity contribution in [2.75, 3.05) is 0 Å². The summed E-state index contributed by atoms with van der Waals surface area (Å²) in [7, 11) is 0. The van der Waals surface area contributed by atoms with Crippen LogP contribution in [0.4, 0.5) is 0 Å². The third kappa shape index (κ3) is 3.17. The van der Waals surface area contributed by atoms with E-state index in [0.29, 0.717) is 28.9 Å². The minimum Gasteiger partial charge on any atom is -0.457 e. The van der Waals surface area contributed by atoms with Gasteiger partial charge in [0.1, 0.15) is 17.2 Å². The van der Waals surface area contributed by atoms with Gasteiger partial charge in [0.15, 0.2) is 5.78 Å². The summed E-state index contributed by atoms with van der Waals surface area (Å²) in [4.78, 5) is 19.7. The molecule has 0 amide bonds. The van der Waals surface area contributed by atoms with E-state index < -0.39 is 0 Å². The molecule has 26 heavy (non-hydrogen) atoms. The number of ether oxygens (including phenoxy) is 1. The minimum atomic E-state index is -0.0989. The lowest BCUT2D eigenvalue weighted by atomic mass is 10.1. The highest BCUT2D eigenvalue weighted by molar-refractivity contribution is 5.92. The maximum Gasteiger partial charge on any atom is 0.223 e. The fourth-order valence-corrected chi connectivity index (χ4v) is 2.65.